The summed E-state index contributed by atoms with van der Waals surface area (Å²) >= 11 is 7.07. The van der Waals surface area contributed by atoms with Gasteiger partial charge in [-0.15, -0.1) is 5.10 Å². The summed E-state index contributed by atoms with van der Waals surface area (Å²) in [5, 5.41) is 16.9. The number of nitrogens with two attached hydrogens (primary N) is 1. The van der Waals surface area contributed by atoms with Crippen molar-refractivity contribution in [3.8, 4) is 23.4 Å². The molecule has 1 aliphatic rings. The second-order valence-electron chi connectivity index (χ2n) is 7.17. The molecule has 1 atom stereocenters. The van der Waals surface area contributed by atoms with Crippen molar-refractivity contribution < 1.29 is 14.2 Å². The topological polar surface area (TPSA) is 106 Å². The molecule has 164 valence electrons. The molecule has 0 unspecified atom stereocenters. The lowest BCUT2D eigenvalue weighted by molar-refractivity contribution is 0.267. The number of H-pyrrole nitrogens is 1. The second kappa shape index (κ2) is 9.27. The summed E-state index contributed by atoms with van der Waals surface area (Å²) in [5.74, 6) is 1.12. The third-order valence-corrected chi connectivity index (χ3v) is 6.21. The van der Waals surface area contributed by atoms with Crippen LogP contribution in [-0.2, 0) is 6.61 Å². The highest BCUT2D eigenvalue weighted by molar-refractivity contribution is 9.10. The van der Waals surface area contributed by atoms with Crippen molar-refractivity contribution in [3.63, 3.8) is 0 Å². The Hall–Kier alpha value is -2.96. The quantitative estimate of drug-likeness (QED) is 0.416. The molecule has 0 aliphatic carbocycles. The van der Waals surface area contributed by atoms with E-state index < -0.39 is 5.92 Å². The van der Waals surface area contributed by atoms with Crippen LogP contribution < -0.4 is 19.9 Å². The van der Waals surface area contributed by atoms with E-state index >= 15 is 0 Å². The number of hydrogen-bond acceptors (Lipinski definition) is 6. The van der Waals surface area contributed by atoms with Crippen molar-refractivity contribution in [2.45, 2.75) is 26.4 Å². The van der Waals surface area contributed by atoms with E-state index in [0.717, 1.165) is 26.9 Å². The van der Waals surface area contributed by atoms with E-state index in [9.17, 15) is 5.26 Å². The molecule has 32 heavy (non-hydrogen) atoms. The zero-order valence-corrected chi connectivity index (χ0v) is 20.6. The van der Waals surface area contributed by atoms with Crippen LogP contribution in [0, 0.1) is 18.3 Å². The lowest BCUT2D eigenvalue weighted by atomic mass is 9.84. The number of hydrogen-bond donors (Lipinski definition) is 2. The van der Waals surface area contributed by atoms with Crippen molar-refractivity contribution >= 4 is 31.9 Å². The molecule has 1 aliphatic heterocycles. The summed E-state index contributed by atoms with van der Waals surface area (Å²) in [6, 6.07) is 13.9. The second-order valence-corrected chi connectivity index (χ2v) is 8.94. The molecule has 0 fully saturated rings. The highest BCUT2D eigenvalue weighted by Crippen LogP contribution is 2.46. The number of aromatic amines is 1. The Labute approximate surface area is 202 Å². The number of nitrogens with zero attached hydrogens (tertiary/aromatic N) is 2. The molecule has 0 spiro atoms. The van der Waals surface area contributed by atoms with Crippen LogP contribution in [0.4, 0.5) is 0 Å². The molecule has 3 N–H and O–H groups in total. The number of nitrogens with one attached hydrogen (secondary N) is 1. The van der Waals surface area contributed by atoms with E-state index in [2.05, 4.69) is 48.1 Å². The molecular formula is C23H20Br2N4O3. The number of benzene rings is 2. The molecule has 2 aromatic carbocycles. The highest BCUT2D eigenvalue weighted by atomic mass is 79.9. The Kier molecular flexibility index (Phi) is 6.44. The lowest BCUT2D eigenvalue weighted by Gasteiger charge is -2.25. The number of nitriles is 1. The van der Waals surface area contributed by atoms with Gasteiger partial charge in [0.1, 0.15) is 18.2 Å². The summed E-state index contributed by atoms with van der Waals surface area (Å²) in [7, 11) is 0. The normalized spacial score (nSPS) is 15.0. The van der Waals surface area contributed by atoms with Gasteiger partial charge in [-0.3, -0.25) is 5.10 Å². The van der Waals surface area contributed by atoms with Gasteiger partial charge >= 0.3 is 0 Å². The van der Waals surface area contributed by atoms with E-state index in [-0.39, 0.29) is 5.88 Å². The summed E-state index contributed by atoms with van der Waals surface area (Å²) < 4.78 is 19.3. The first kappa shape index (κ1) is 22.2. The van der Waals surface area contributed by atoms with Crippen molar-refractivity contribution in [2.75, 3.05) is 6.61 Å². The Morgan fingerprint density at radius 2 is 1.97 bits per heavy atom. The van der Waals surface area contributed by atoms with E-state index in [0.29, 0.717) is 40.6 Å². The molecule has 0 saturated carbocycles. The van der Waals surface area contributed by atoms with Crippen LogP contribution in [0.15, 0.2) is 56.8 Å². The molecule has 7 nitrogen and oxygen atoms in total. The van der Waals surface area contributed by atoms with E-state index in [1.165, 1.54) is 0 Å². The maximum atomic E-state index is 9.80. The fourth-order valence-corrected chi connectivity index (χ4v) is 4.46. The van der Waals surface area contributed by atoms with Crippen molar-refractivity contribution in [2.24, 2.45) is 5.73 Å². The maximum absolute atomic E-state index is 9.80. The van der Waals surface area contributed by atoms with Crippen molar-refractivity contribution in [3.05, 3.63) is 79.2 Å². The zero-order chi connectivity index (χ0) is 22.8. The van der Waals surface area contributed by atoms with Gasteiger partial charge in [0.05, 0.1) is 17.0 Å². The summed E-state index contributed by atoms with van der Waals surface area (Å²) in [4.78, 5) is 0. The third-order valence-electron chi connectivity index (χ3n) is 5.09. The number of ether oxygens (including phenoxy) is 3. The molecule has 2 heterocycles. The average molecular weight is 560 g/mol. The standard InChI is InChI=1S/C23H20Br2N4O3/c1-3-30-18-9-14(8-17(25)21(18)31-11-13-4-6-15(24)7-5-13)20-16(10-26)22(27)32-23-19(20)12(2)28-29-23/h4-9,20H,3,11,27H2,1-2H3,(H,28,29)/t20-/m0/s1. The van der Waals surface area contributed by atoms with Gasteiger partial charge in [0, 0.05) is 15.7 Å². The maximum Gasteiger partial charge on any atom is 0.244 e. The lowest BCUT2D eigenvalue weighted by Crippen LogP contribution is -2.21. The zero-order valence-electron chi connectivity index (χ0n) is 17.4. The number of rotatable bonds is 6. The molecule has 1 aromatic heterocycles. The van der Waals surface area contributed by atoms with E-state index in [1.54, 1.807) is 0 Å². The van der Waals surface area contributed by atoms with Gasteiger partial charge in [-0.2, -0.15) is 5.26 Å². The summed E-state index contributed by atoms with van der Waals surface area (Å²) in [6.45, 7) is 4.62. The third kappa shape index (κ3) is 4.20. The number of allylic oxidation sites excluding steroid dienone is 1. The Balaban J connectivity index is 1.75. The van der Waals surface area contributed by atoms with Crippen molar-refractivity contribution in [1.82, 2.24) is 10.2 Å². The predicted molar refractivity (Wildman–Crippen MR) is 126 cm³/mol. The summed E-state index contributed by atoms with van der Waals surface area (Å²) in [5.41, 5.74) is 9.77. The molecule has 0 bridgehead atoms. The smallest absolute Gasteiger partial charge is 0.244 e. The molecule has 3 aromatic rings. The monoisotopic (exact) mass is 558 g/mol. The Morgan fingerprint density at radius 3 is 2.66 bits per heavy atom. The number of aromatic nitrogens is 2. The first-order chi connectivity index (χ1) is 15.4. The van der Waals surface area contributed by atoms with Gasteiger partial charge in [-0.25, -0.2) is 0 Å². The number of aryl methyl sites for hydroxylation is 1. The van der Waals surface area contributed by atoms with Gasteiger partial charge in [0.2, 0.25) is 11.8 Å². The van der Waals surface area contributed by atoms with Gasteiger partial charge in [0.25, 0.3) is 0 Å². The fourth-order valence-electron chi connectivity index (χ4n) is 3.63. The minimum atomic E-state index is -0.446. The van der Waals surface area contributed by atoms with Crippen LogP contribution in [0.25, 0.3) is 0 Å². The molecular weight excluding hydrogens is 540 g/mol. The molecule has 4 rings (SSSR count). The first-order valence-electron chi connectivity index (χ1n) is 9.88. The van der Waals surface area contributed by atoms with Gasteiger partial charge in [-0.1, -0.05) is 28.1 Å². The van der Waals surface area contributed by atoms with Crippen LogP contribution >= 0.6 is 31.9 Å². The largest absolute Gasteiger partial charge is 0.490 e. The Bertz CT molecular complexity index is 1230. The van der Waals surface area contributed by atoms with Crippen LogP contribution in [0.2, 0.25) is 0 Å². The minimum Gasteiger partial charge on any atom is -0.490 e. The molecule has 0 radical (unpaired) electrons. The minimum absolute atomic E-state index is 0.0427. The van der Waals surface area contributed by atoms with Crippen LogP contribution in [-0.4, -0.2) is 16.8 Å². The predicted octanol–water partition coefficient (Wildman–Crippen LogP) is 5.44. The van der Waals surface area contributed by atoms with Gasteiger partial charge in [-0.05, 0) is 65.2 Å². The molecule has 0 amide bonds. The van der Waals surface area contributed by atoms with E-state index in [4.69, 9.17) is 19.9 Å². The van der Waals surface area contributed by atoms with Gasteiger partial charge in [0.15, 0.2) is 11.5 Å². The Morgan fingerprint density at radius 1 is 1.22 bits per heavy atom. The van der Waals surface area contributed by atoms with Crippen LogP contribution in [0.5, 0.6) is 17.4 Å². The number of fused-ring (bicyclic) bond motifs is 1. The highest BCUT2D eigenvalue weighted by Gasteiger charge is 2.35. The van der Waals surface area contributed by atoms with E-state index in [1.807, 2.05) is 50.2 Å². The van der Waals surface area contributed by atoms with Crippen molar-refractivity contribution in [1.29, 1.82) is 5.26 Å². The summed E-state index contributed by atoms with van der Waals surface area (Å²) in [6.07, 6.45) is 0. The van der Waals surface area contributed by atoms with Crippen LogP contribution in [0.3, 0.4) is 0 Å². The van der Waals surface area contributed by atoms with Gasteiger partial charge < -0.3 is 19.9 Å². The number of halogens is 2. The van der Waals surface area contributed by atoms with Crippen LogP contribution in [0.1, 0.15) is 35.2 Å². The molecule has 9 heteroatoms. The fraction of sp³-hybridized carbons (Fsp3) is 0.217. The molecule has 0 saturated heterocycles. The average Bonchev–Trinajstić information content (AvgIpc) is 3.13. The first-order valence-corrected chi connectivity index (χ1v) is 11.5. The SMILES string of the molecule is CCOc1cc([C@H]2C(C#N)=C(N)Oc3n[nH]c(C)c32)cc(Br)c1OCc1ccc(Br)cc1.